The first kappa shape index (κ1) is 23.8. The van der Waals surface area contributed by atoms with Crippen molar-refractivity contribution >= 4 is 0 Å². The molecule has 3 saturated carbocycles. The zero-order chi connectivity index (χ0) is 22.1. The SMILES string of the molecule is CCCCOC1CCC2(C)C(=CCC3(N)C4CCC(CCCCC(C)C)C4CCC23)C1. The summed E-state index contributed by atoms with van der Waals surface area (Å²) in [6.45, 7) is 10.5. The summed E-state index contributed by atoms with van der Waals surface area (Å²) in [5.74, 6) is 4.19. The topological polar surface area (TPSA) is 35.2 Å². The first-order valence-corrected chi connectivity index (χ1v) is 14.0. The highest BCUT2D eigenvalue weighted by Crippen LogP contribution is 2.63. The van der Waals surface area contributed by atoms with E-state index in [2.05, 4.69) is 33.8 Å². The van der Waals surface area contributed by atoms with E-state index in [1.807, 2.05) is 0 Å². The third kappa shape index (κ3) is 4.68. The molecule has 0 aromatic rings. The van der Waals surface area contributed by atoms with Crippen molar-refractivity contribution in [3.8, 4) is 0 Å². The predicted octanol–water partition coefficient (Wildman–Crippen LogP) is 7.66. The van der Waals surface area contributed by atoms with Crippen LogP contribution in [0.15, 0.2) is 11.6 Å². The highest BCUT2D eigenvalue weighted by atomic mass is 16.5. The average Bonchev–Trinajstić information content (AvgIpc) is 3.16. The summed E-state index contributed by atoms with van der Waals surface area (Å²) in [4.78, 5) is 0. The van der Waals surface area contributed by atoms with Crippen LogP contribution >= 0.6 is 0 Å². The molecule has 31 heavy (non-hydrogen) atoms. The van der Waals surface area contributed by atoms with Crippen LogP contribution in [0.2, 0.25) is 0 Å². The van der Waals surface area contributed by atoms with Gasteiger partial charge in [0.1, 0.15) is 0 Å². The quantitative estimate of drug-likeness (QED) is 0.301. The first-order chi connectivity index (χ1) is 14.9. The van der Waals surface area contributed by atoms with Gasteiger partial charge in [-0.05, 0) is 92.8 Å². The lowest BCUT2D eigenvalue weighted by molar-refractivity contribution is -0.0443. The molecule has 7 unspecified atom stereocenters. The van der Waals surface area contributed by atoms with Crippen molar-refractivity contribution in [1.29, 1.82) is 0 Å². The number of unbranched alkanes of at least 4 members (excludes halogenated alkanes) is 2. The number of fused-ring (bicyclic) bond motifs is 5. The van der Waals surface area contributed by atoms with E-state index in [0.29, 0.717) is 17.4 Å². The highest BCUT2D eigenvalue weighted by Gasteiger charge is 2.60. The number of hydrogen-bond donors (Lipinski definition) is 1. The third-order valence-corrected chi connectivity index (χ3v) is 10.2. The van der Waals surface area contributed by atoms with Gasteiger partial charge in [0.15, 0.2) is 0 Å². The average molecular weight is 430 g/mol. The Morgan fingerprint density at radius 3 is 2.71 bits per heavy atom. The van der Waals surface area contributed by atoms with E-state index in [0.717, 1.165) is 36.7 Å². The van der Waals surface area contributed by atoms with Crippen LogP contribution in [0, 0.1) is 35.0 Å². The van der Waals surface area contributed by atoms with Gasteiger partial charge in [0, 0.05) is 12.1 Å². The second kappa shape index (κ2) is 9.88. The maximum Gasteiger partial charge on any atom is 0.0612 e. The lowest BCUT2D eigenvalue weighted by Gasteiger charge is -2.60. The number of rotatable bonds is 9. The van der Waals surface area contributed by atoms with Crippen molar-refractivity contribution in [1.82, 2.24) is 0 Å². The Kier molecular flexibility index (Phi) is 7.59. The van der Waals surface area contributed by atoms with Gasteiger partial charge in [0.05, 0.1) is 6.10 Å². The van der Waals surface area contributed by atoms with Crippen molar-refractivity contribution < 1.29 is 4.74 Å². The van der Waals surface area contributed by atoms with E-state index in [1.54, 1.807) is 5.57 Å². The largest absolute Gasteiger partial charge is 0.378 e. The molecule has 0 amide bonds. The number of hydrogen-bond acceptors (Lipinski definition) is 2. The fourth-order valence-corrected chi connectivity index (χ4v) is 8.42. The Morgan fingerprint density at radius 2 is 1.94 bits per heavy atom. The first-order valence-electron chi connectivity index (χ1n) is 14.0. The van der Waals surface area contributed by atoms with E-state index in [4.69, 9.17) is 10.5 Å². The van der Waals surface area contributed by atoms with E-state index < -0.39 is 0 Å². The Labute approximate surface area is 193 Å². The van der Waals surface area contributed by atoms with Crippen molar-refractivity contribution in [3.63, 3.8) is 0 Å². The maximum absolute atomic E-state index is 7.46. The second-order valence-electron chi connectivity index (χ2n) is 12.5. The van der Waals surface area contributed by atoms with Gasteiger partial charge in [-0.25, -0.2) is 0 Å². The zero-order valence-electron chi connectivity index (χ0n) is 21.1. The summed E-state index contributed by atoms with van der Waals surface area (Å²) in [7, 11) is 0. The minimum atomic E-state index is 0.0593. The van der Waals surface area contributed by atoms with Crippen LogP contribution in [0.4, 0.5) is 0 Å². The summed E-state index contributed by atoms with van der Waals surface area (Å²) in [5, 5.41) is 0. The molecule has 0 radical (unpaired) electrons. The molecule has 4 aliphatic carbocycles. The molecule has 3 fully saturated rings. The minimum absolute atomic E-state index is 0.0593. The highest BCUT2D eigenvalue weighted by molar-refractivity contribution is 5.29. The normalized spacial score (nSPS) is 42.1. The van der Waals surface area contributed by atoms with Crippen LogP contribution in [-0.4, -0.2) is 18.2 Å². The van der Waals surface area contributed by atoms with Gasteiger partial charge < -0.3 is 10.5 Å². The van der Waals surface area contributed by atoms with Crippen molar-refractivity contribution in [2.45, 2.75) is 129 Å². The van der Waals surface area contributed by atoms with Gasteiger partial charge >= 0.3 is 0 Å². The molecule has 4 aliphatic rings. The number of nitrogens with two attached hydrogens (primary N) is 1. The summed E-state index contributed by atoms with van der Waals surface area (Å²) in [6, 6.07) is 0. The smallest absolute Gasteiger partial charge is 0.0612 e. The Balaban J connectivity index is 1.40. The fraction of sp³-hybridized carbons (Fsp3) is 0.931. The third-order valence-electron chi connectivity index (χ3n) is 10.2. The van der Waals surface area contributed by atoms with Gasteiger partial charge in [0.25, 0.3) is 0 Å². The fourth-order valence-electron chi connectivity index (χ4n) is 8.42. The van der Waals surface area contributed by atoms with Crippen LogP contribution < -0.4 is 5.73 Å². The monoisotopic (exact) mass is 429 g/mol. The van der Waals surface area contributed by atoms with E-state index >= 15 is 0 Å². The summed E-state index contributed by atoms with van der Waals surface area (Å²) in [6.07, 6.45) is 21.7. The van der Waals surface area contributed by atoms with Gasteiger partial charge in [-0.3, -0.25) is 0 Å². The van der Waals surface area contributed by atoms with Crippen LogP contribution in [0.3, 0.4) is 0 Å². The van der Waals surface area contributed by atoms with Gasteiger partial charge in [-0.2, -0.15) is 0 Å². The molecular formula is C29H51NO. The molecule has 4 rings (SSSR count). The van der Waals surface area contributed by atoms with E-state index in [9.17, 15) is 0 Å². The molecule has 7 atom stereocenters. The Hall–Kier alpha value is -0.340. The lowest BCUT2D eigenvalue weighted by atomic mass is 9.47. The molecule has 0 saturated heterocycles. The molecule has 0 aromatic carbocycles. The van der Waals surface area contributed by atoms with Crippen LogP contribution in [-0.2, 0) is 4.74 Å². The van der Waals surface area contributed by atoms with E-state index in [1.165, 1.54) is 83.5 Å². The second-order valence-corrected chi connectivity index (χ2v) is 12.5. The van der Waals surface area contributed by atoms with Gasteiger partial charge in [0.2, 0.25) is 0 Å². The molecule has 0 aliphatic heterocycles. The van der Waals surface area contributed by atoms with Crippen LogP contribution in [0.1, 0.15) is 118 Å². The molecule has 2 nitrogen and oxygen atoms in total. The van der Waals surface area contributed by atoms with Gasteiger partial charge in [-0.15, -0.1) is 0 Å². The van der Waals surface area contributed by atoms with Crippen LogP contribution in [0.5, 0.6) is 0 Å². The van der Waals surface area contributed by atoms with Crippen LogP contribution in [0.25, 0.3) is 0 Å². The minimum Gasteiger partial charge on any atom is -0.378 e. The summed E-state index contributed by atoms with van der Waals surface area (Å²) >= 11 is 0. The van der Waals surface area contributed by atoms with Crippen molar-refractivity contribution in [2.75, 3.05) is 6.61 Å². The molecule has 178 valence electrons. The molecule has 0 spiro atoms. The lowest BCUT2D eigenvalue weighted by Crippen LogP contribution is -2.64. The van der Waals surface area contributed by atoms with Crippen molar-refractivity contribution in [2.24, 2.45) is 40.7 Å². The predicted molar refractivity (Wildman–Crippen MR) is 132 cm³/mol. The molecule has 2 heteroatoms. The van der Waals surface area contributed by atoms with E-state index in [-0.39, 0.29) is 5.54 Å². The standard InChI is InChI=1S/C29H51NO/c1-5-6-19-31-24-16-17-28(4)23(20-24)15-18-29(30)26-13-11-22(10-8-7-9-21(2)3)25(26)12-14-27(28)29/h15,21-22,24-27H,5-14,16-20,30H2,1-4H3. The zero-order valence-corrected chi connectivity index (χ0v) is 21.1. The number of ether oxygens (including phenoxy) is 1. The molecule has 0 heterocycles. The Bertz CT molecular complexity index is 626. The molecule has 2 N–H and O–H groups in total. The summed E-state index contributed by atoms with van der Waals surface area (Å²) < 4.78 is 6.25. The summed E-state index contributed by atoms with van der Waals surface area (Å²) in [5.41, 5.74) is 9.55. The Morgan fingerprint density at radius 1 is 1.10 bits per heavy atom. The van der Waals surface area contributed by atoms with Gasteiger partial charge in [-0.1, -0.05) is 71.4 Å². The molecular weight excluding hydrogens is 378 g/mol. The molecule has 0 bridgehead atoms. The molecule has 0 aromatic heterocycles. The van der Waals surface area contributed by atoms with Crippen molar-refractivity contribution in [3.05, 3.63) is 11.6 Å². The maximum atomic E-state index is 7.46.